The first-order valence-electron chi connectivity index (χ1n) is 11.5. The van der Waals surface area contributed by atoms with Crippen LogP contribution in [0.2, 0.25) is 0 Å². The highest BCUT2D eigenvalue weighted by molar-refractivity contribution is 5.89. The van der Waals surface area contributed by atoms with E-state index in [0.717, 1.165) is 17.5 Å². The summed E-state index contributed by atoms with van der Waals surface area (Å²) in [6.07, 6.45) is 0.978. The smallest absolute Gasteiger partial charge is 0.329 e. The molecule has 1 amide bonds. The fourth-order valence-electron chi connectivity index (χ4n) is 5.35. The Morgan fingerprint density at radius 3 is 2.48 bits per heavy atom. The number of likely N-dealkylation sites (tertiary alicyclic amines) is 1. The largest absolute Gasteiger partial charge is 0.464 e. The van der Waals surface area contributed by atoms with Crippen molar-refractivity contribution in [2.45, 2.75) is 84.5 Å². The summed E-state index contributed by atoms with van der Waals surface area (Å²) < 4.78 is 11.2. The molecular weight excluding hydrogens is 392 g/mol. The van der Waals surface area contributed by atoms with E-state index in [4.69, 9.17) is 15.2 Å². The summed E-state index contributed by atoms with van der Waals surface area (Å²) in [7, 11) is 0. The van der Waals surface area contributed by atoms with Crippen molar-refractivity contribution < 1.29 is 19.1 Å². The minimum atomic E-state index is -0.739. The number of carbonyl (C=O) groups is 2. The van der Waals surface area contributed by atoms with Gasteiger partial charge in [-0.05, 0) is 42.2 Å². The van der Waals surface area contributed by atoms with Crippen molar-refractivity contribution >= 4 is 11.9 Å². The lowest BCUT2D eigenvalue weighted by Gasteiger charge is -2.35. The number of hydrogen-bond acceptors (Lipinski definition) is 5. The Labute approximate surface area is 186 Å². The second-order valence-corrected chi connectivity index (χ2v) is 10.1. The molecule has 0 bridgehead atoms. The lowest BCUT2D eigenvalue weighted by atomic mass is 9.72. The number of ether oxygens (including phenoxy) is 2. The average molecular weight is 431 g/mol. The molecule has 2 aliphatic heterocycles. The molecule has 2 N–H and O–H groups in total. The van der Waals surface area contributed by atoms with Gasteiger partial charge in [0, 0.05) is 18.6 Å². The molecule has 0 saturated carbocycles. The van der Waals surface area contributed by atoms with Crippen LogP contribution in [-0.4, -0.2) is 48.2 Å². The van der Waals surface area contributed by atoms with E-state index < -0.39 is 24.2 Å². The summed E-state index contributed by atoms with van der Waals surface area (Å²) in [6.45, 7) is 13.1. The van der Waals surface area contributed by atoms with E-state index in [-0.39, 0.29) is 35.7 Å². The molecule has 0 aliphatic carbocycles. The minimum Gasteiger partial charge on any atom is -0.464 e. The molecule has 1 aromatic rings. The van der Waals surface area contributed by atoms with Gasteiger partial charge in [-0.25, -0.2) is 4.79 Å². The predicted molar refractivity (Wildman–Crippen MR) is 120 cm³/mol. The molecule has 6 nitrogen and oxygen atoms in total. The van der Waals surface area contributed by atoms with Gasteiger partial charge in [-0.15, -0.1) is 0 Å². The molecule has 2 fully saturated rings. The summed E-state index contributed by atoms with van der Waals surface area (Å²) in [5.74, 6) is -0.519. The van der Waals surface area contributed by atoms with E-state index in [1.165, 1.54) is 0 Å². The maximum absolute atomic E-state index is 13.8. The number of nitrogens with zero attached hydrogens (tertiary/aromatic N) is 1. The molecule has 1 aromatic carbocycles. The van der Waals surface area contributed by atoms with Gasteiger partial charge in [-0.2, -0.15) is 0 Å². The van der Waals surface area contributed by atoms with Gasteiger partial charge in [0.1, 0.15) is 12.1 Å². The molecule has 5 atom stereocenters. The van der Waals surface area contributed by atoms with Gasteiger partial charge in [0.25, 0.3) is 5.91 Å². The van der Waals surface area contributed by atoms with Crippen LogP contribution < -0.4 is 5.73 Å². The first-order chi connectivity index (χ1) is 14.6. The highest BCUT2D eigenvalue weighted by atomic mass is 16.5. The Hall–Kier alpha value is -1.92. The van der Waals surface area contributed by atoms with Crippen molar-refractivity contribution in [3.05, 3.63) is 35.4 Å². The molecule has 2 heterocycles. The Morgan fingerprint density at radius 2 is 1.94 bits per heavy atom. The molecular formula is C25H38N2O4. The Kier molecular flexibility index (Phi) is 7.11. The van der Waals surface area contributed by atoms with E-state index in [2.05, 4.69) is 40.7 Å². The van der Waals surface area contributed by atoms with Crippen LogP contribution in [0.3, 0.4) is 0 Å². The van der Waals surface area contributed by atoms with Crippen molar-refractivity contribution in [2.75, 3.05) is 13.2 Å². The second kappa shape index (κ2) is 9.29. The van der Waals surface area contributed by atoms with Gasteiger partial charge in [-0.1, -0.05) is 58.9 Å². The van der Waals surface area contributed by atoms with Crippen molar-refractivity contribution in [3.8, 4) is 0 Å². The van der Waals surface area contributed by atoms with E-state index in [9.17, 15) is 9.59 Å². The van der Waals surface area contributed by atoms with Gasteiger partial charge < -0.3 is 20.1 Å². The van der Waals surface area contributed by atoms with Gasteiger partial charge in [-0.3, -0.25) is 4.79 Å². The van der Waals surface area contributed by atoms with Crippen LogP contribution in [-0.2, 0) is 19.1 Å². The standard InChI is InChI=1S/C25H38N2O4/c1-7-30-24(29)22-19(25(4,5)6)20(26)21(17-12-9-8-11-16(17)15(2)3)27(22)23(28)18-13-10-14-31-18/h8-9,11-12,15,18-22H,7,10,13-14,26H2,1-6H3/t18-,19-,20-,21-,22-/m0/s1. The van der Waals surface area contributed by atoms with Crippen molar-refractivity contribution in [1.82, 2.24) is 4.90 Å². The predicted octanol–water partition coefficient (Wildman–Crippen LogP) is 3.79. The number of benzene rings is 1. The van der Waals surface area contributed by atoms with Crippen LogP contribution in [0.1, 0.15) is 77.5 Å². The fraction of sp³-hybridized carbons (Fsp3) is 0.680. The summed E-state index contributed by atoms with van der Waals surface area (Å²) >= 11 is 0. The summed E-state index contributed by atoms with van der Waals surface area (Å²) in [6, 6.07) is 6.57. The first-order valence-corrected chi connectivity index (χ1v) is 11.5. The maximum Gasteiger partial charge on any atom is 0.329 e. The van der Waals surface area contributed by atoms with Crippen LogP contribution >= 0.6 is 0 Å². The van der Waals surface area contributed by atoms with Crippen molar-refractivity contribution in [2.24, 2.45) is 17.1 Å². The quantitative estimate of drug-likeness (QED) is 0.719. The number of hydrogen-bond donors (Lipinski definition) is 1. The molecule has 0 aromatic heterocycles. The number of nitrogens with two attached hydrogens (primary N) is 1. The zero-order valence-corrected chi connectivity index (χ0v) is 19.8. The normalized spacial score (nSPS) is 28.9. The van der Waals surface area contributed by atoms with Crippen LogP contribution in [0.5, 0.6) is 0 Å². The lowest BCUT2D eigenvalue weighted by Crippen LogP contribution is -2.50. The number of amides is 1. The van der Waals surface area contributed by atoms with E-state index >= 15 is 0 Å². The minimum absolute atomic E-state index is 0.152. The molecule has 0 spiro atoms. The molecule has 2 aliphatic rings. The fourth-order valence-corrected chi connectivity index (χ4v) is 5.35. The Morgan fingerprint density at radius 1 is 1.26 bits per heavy atom. The topological polar surface area (TPSA) is 81.9 Å². The zero-order chi connectivity index (χ0) is 22.9. The van der Waals surface area contributed by atoms with Crippen LogP contribution in [0.4, 0.5) is 0 Å². The summed E-state index contributed by atoms with van der Waals surface area (Å²) in [4.78, 5) is 28.8. The maximum atomic E-state index is 13.8. The van der Waals surface area contributed by atoms with Gasteiger partial charge in [0.05, 0.1) is 12.6 Å². The third-order valence-electron chi connectivity index (χ3n) is 6.64. The van der Waals surface area contributed by atoms with Crippen LogP contribution in [0, 0.1) is 11.3 Å². The van der Waals surface area contributed by atoms with Crippen LogP contribution in [0.15, 0.2) is 24.3 Å². The molecule has 0 radical (unpaired) electrons. The highest BCUT2D eigenvalue weighted by Gasteiger charge is 2.58. The van der Waals surface area contributed by atoms with E-state index in [0.29, 0.717) is 13.0 Å². The Bertz CT molecular complexity index is 795. The molecule has 0 unspecified atom stereocenters. The third-order valence-corrected chi connectivity index (χ3v) is 6.64. The van der Waals surface area contributed by atoms with Gasteiger partial charge in [0.2, 0.25) is 0 Å². The van der Waals surface area contributed by atoms with Crippen molar-refractivity contribution in [1.29, 1.82) is 0 Å². The lowest BCUT2D eigenvalue weighted by molar-refractivity contribution is -0.160. The Balaban J connectivity index is 2.18. The van der Waals surface area contributed by atoms with Crippen LogP contribution in [0.25, 0.3) is 0 Å². The third kappa shape index (κ3) is 4.51. The van der Waals surface area contributed by atoms with Gasteiger partial charge in [0.15, 0.2) is 0 Å². The molecule has 6 heteroatoms. The number of esters is 1. The van der Waals surface area contributed by atoms with Gasteiger partial charge >= 0.3 is 5.97 Å². The zero-order valence-electron chi connectivity index (χ0n) is 19.8. The first kappa shape index (κ1) is 23.7. The SMILES string of the molecule is CCOC(=O)[C@@H]1[C@@H](C(C)(C)C)[C@H](N)[C@H](c2ccccc2C(C)C)N1C(=O)[C@@H]1CCCO1. The molecule has 2 saturated heterocycles. The second-order valence-electron chi connectivity index (χ2n) is 10.1. The molecule has 31 heavy (non-hydrogen) atoms. The monoisotopic (exact) mass is 430 g/mol. The molecule has 172 valence electrons. The van der Waals surface area contributed by atoms with E-state index in [1.807, 2.05) is 18.2 Å². The molecule has 3 rings (SSSR count). The number of carbonyl (C=O) groups excluding carboxylic acids is 2. The number of rotatable bonds is 5. The van der Waals surface area contributed by atoms with Crippen molar-refractivity contribution in [3.63, 3.8) is 0 Å². The highest BCUT2D eigenvalue weighted by Crippen LogP contribution is 2.49. The summed E-state index contributed by atoms with van der Waals surface area (Å²) in [5, 5.41) is 0. The average Bonchev–Trinajstić information content (AvgIpc) is 3.33. The summed E-state index contributed by atoms with van der Waals surface area (Å²) in [5.41, 5.74) is 8.78. The van der Waals surface area contributed by atoms with E-state index in [1.54, 1.807) is 11.8 Å².